The van der Waals surface area contributed by atoms with Gasteiger partial charge in [0.25, 0.3) is 11.1 Å². The minimum Gasteiger partial charge on any atom is -0.411 e. The van der Waals surface area contributed by atoms with Gasteiger partial charge in [0.2, 0.25) is 5.91 Å². The van der Waals surface area contributed by atoms with Crippen molar-refractivity contribution in [3.63, 3.8) is 0 Å². The van der Waals surface area contributed by atoms with Crippen molar-refractivity contribution < 1.29 is 13.6 Å². The molecule has 148 valence electrons. The molecular weight excluding hydrogens is 411 g/mol. The highest BCUT2D eigenvalue weighted by Gasteiger charge is 2.24. The van der Waals surface area contributed by atoms with Crippen LogP contribution in [0.3, 0.4) is 0 Å². The number of hydrogen-bond acceptors (Lipinski definition) is 7. The fourth-order valence-electron chi connectivity index (χ4n) is 3.26. The fraction of sp³-hybridized carbons (Fsp3) is 0.300. The molecule has 1 amide bonds. The zero-order chi connectivity index (χ0) is 20.4. The number of rotatable bonds is 5. The maximum Gasteiger partial charge on any atom is 0.277 e. The topological polar surface area (TPSA) is 91.8 Å². The average molecular weight is 429 g/mol. The molecule has 29 heavy (non-hydrogen) atoms. The first-order valence-corrected chi connectivity index (χ1v) is 10.9. The van der Waals surface area contributed by atoms with Gasteiger partial charge in [-0.2, -0.15) is 5.26 Å². The third-order valence-electron chi connectivity index (χ3n) is 4.71. The number of thiophene rings is 1. The van der Waals surface area contributed by atoms with Crippen LogP contribution in [-0.2, 0) is 17.6 Å². The summed E-state index contributed by atoms with van der Waals surface area (Å²) < 4.78 is 19.3. The number of aromatic nitrogens is 2. The molecule has 2 aromatic heterocycles. The van der Waals surface area contributed by atoms with E-state index in [1.807, 2.05) is 0 Å². The SMILES string of the molecule is C[C@@H]1CCc2c(sc(NC(=O)CSc3nnc(-c4ccccc4F)o3)c2C#N)C1. The molecule has 0 bridgehead atoms. The lowest BCUT2D eigenvalue weighted by Crippen LogP contribution is -2.14. The predicted octanol–water partition coefficient (Wildman–Crippen LogP) is 4.66. The number of nitriles is 1. The maximum atomic E-state index is 13.8. The van der Waals surface area contributed by atoms with Crippen molar-refractivity contribution in [2.24, 2.45) is 5.92 Å². The van der Waals surface area contributed by atoms with Crippen LogP contribution in [0.5, 0.6) is 0 Å². The Morgan fingerprint density at radius 1 is 1.45 bits per heavy atom. The van der Waals surface area contributed by atoms with Crippen LogP contribution in [0, 0.1) is 23.1 Å². The van der Waals surface area contributed by atoms with E-state index in [1.54, 1.807) is 18.2 Å². The number of carbonyl (C=O) groups is 1. The standard InChI is InChI=1S/C20H17FN4O2S2/c1-11-6-7-12-14(9-22)19(29-16(12)8-11)23-17(26)10-28-20-25-24-18(27-20)13-4-2-3-5-15(13)21/h2-5,11H,6-8,10H2,1H3,(H,23,26)/t11-/m1/s1. The number of anilines is 1. The van der Waals surface area contributed by atoms with Crippen molar-refractivity contribution in [1.82, 2.24) is 10.2 Å². The number of amides is 1. The molecule has 9 heteroatoms. The van der Waals surface area contributed by atoms with E-state index in [-0.39, 0.29) is 28.3 Å². The first-order valence-electron chi connectivity index (χ1n) is 9.11. The quantitative estimate of drug-likeness (QED) is 0.594. The number of halogens is 1. The lowest BCUT2D eigenvalue weighted by atomic mass is 9.89. The van der Waals surface area contributed by atoms with Gasteiger partial charge < -0.3 is 9.73 Å². The van der Waals surface area contributed by atoms with Crippen LogP contribution in [-0.4, -0.2) is 21.9 Å². The van der Waals surface area contributed by atoms with Crippen LogP contribution in [0.2, 0.25) is 0 Å². The number of hydrogen-bond donors (Lipinski definition) is 1. The molecule has 1 aliphatic rings. The Bertz CT molecular complexity index is 1100. The molecule has 4 rings (SSSR count). The smallest absolute Gasteiger partial charge is 0.277 e. The van der Waals surface area contributed by atoms with E-state index >= 15 is 0 Å². The van der Waals surface area contributed by atoms with Gasteiger partial charge >= 0.3 is 0 Å². The molecule has 0 spiro atoms. The van der Waals surface area contributed by atoms with Gasteiger partial charge in [-0.05, 0) is 42.9 Å². The lowest BCUT2D eigenvalue weighted by molar-refractivity contribution is -0.113. The third-order valence-corrected chi connectivity index (χ3v) is 6.70. The summed E-state index contributed by atoms with van der Waals surface area (Å²) >= 11 is 2.55. The van der Waals surface area contributed by atoms with Crippen LogP contribution < -0.4 is 5.32 Å². The zero-order valence-electron chi connectivity index (χ0n) is 15.6. The van der Waals surface area contributed by atoms with E-state index in [4.69, 9.17) is 4.42 Å². The minimum absolute atomic E-state index is 0.0444. The second-order valence-corrected chi connectivity index (χ2v) is 8.89. The Morgan fingerprint density at radius 2 is 2.28 bits per heavy atom. The first-order chi connectivity index (χ1) is 14.0. The van der Waals surface area contributed by atoms with Crippen molar-refractivity contribution in [2.75, 3.05) is 11.1 Å². The number of nitrogens with one attached hydrogen (secondary N) is 1. The summed E-state index contributed by atoms with van der Waals surface area (Å²) in [7, 11) is 0. The normalized spacial score (nSPS) is 15.6. The summed E-state index contributed by atoms with van der Waals surface area (Å²) in [5, 5.41) is 20.8. The van der Waals surface area contributed by atoms with Crippen LogP contribution >= 0.6 is 23.1 Å². The summed E-state index contributed by atoms with van der Waals surface area (Å²) in [5.74, 6) is -0.0111. The van der Waals surface area contributed by atoms with Crippen molar-refractivity contribution in [3.8, 4) is 17.5 Å². The number of thioether (sulfide) groups is 1. The van der Waals surface area contributed by atoms with Crippen molar-refractivity contribution >= 4 is 34.0 Å². The van der Waals surface area contributed by atoms with E-state index in [2.05, 4.69) is 28.5 Å². The van der Waals surface area contributed by atoms with Gasteiger partial charge in [0.1, 0.15) is 16.9 Å². The zero-order valence-corrected chi connectivity index (χ0v) is 17.2. The van der Waals surface area contributed by atoms with E-state index < -0.39 is 5.82 Å². The molecule has 0 unspecified atom stereocenters. The molecule has 2 heterocycles. The van der Waals surface area contributed by atoms with Crippen LogP contribution in [0.15, 0.2) is 33.9 Å². The van der Waals surface area contributed by atoms with Crippen LogP contribution in [0.1, 0.15) is 29.3 Å². The first kappa shape index (κ1) is 19.6. The van der Waals surface area contributed by atoms with Crippen LogP contribution in [0.25, 0.3) is 11.5 Å². The molecule has 0 saturated carbocycles. The second-order valence-electron chi connectivity index (χ2n) is 6.86. The number of benzene rings is 1. The molecule has 0 aliphatic heterocycles. The second kappa shape index (κ2) is 8.35. The predicted molar refractivity (Wildman–Crippen MR) is 109 cm³/mol. The van der Waals surface area contributed by atoms with E-state index in [0.29, 0.717) is 16.5 Å². The highest BCUT2D eigenvalue weighted by Crippen LogP contribution is 2.39. The molecule has 1 atom stereocenters. The Morgan fingerprint density at radius 3 is 3.07 bits per heavy atom. The molecule has 3 aromatic rings. The van der Waals surface area contributed by atoms with Gasteiger partial charge in [-0.1, -0.05) is 30.8 Å². The Kier molecular flexibility index (Phi) is 5.65. The van der Waals surface area contributed by atoms with E-state index in [9.17, 15) is 14.4 Å². The third kappa shape index (κ3) is 4.18. The monoisotopic (exact) mass is 428 g/mol. The Hall–Kier alpha value is -2.70. The highest BCUT2D eigenvalue weighted by molar-refractivity contribution is 7.99. The van der Waals surface area contributed by atoms with Gasteiger partial charge in [0, 0.05) is 4.88 Å². The van der Waals surface area contributed by atoms with Crippen LogP contribution in [0.4, 0.5) is 9.39 Å². The highest BCUT2D eigenvalue weighted by atomic mass is 32.2. The Labute approximate surface area is 175 Å². The summed E-state index contributed by atoms with van der Waals surface area (Å²) in [6.07, 6.45) is 2.88. The molecular formula is C20H17FN4O2S2. The fourth-order valence-corrected chi connectivity index (χ4v) is 5.20. The summed E-state index contributed by atoms with van der Waals surface area (Å²) in [5.41, 5.74) is 1.87. The van der Waals surface area contributed by atoms with Gasteiger partial charge in [-0.15, -0.1) is 21.5 Å². The van der Waals surface area contributed by atoms with Gasteiger partial charge in [-0.3, -0.25) is 4.79 Å². The van der Waals surface area contributed by atoms with Crippen molar-refractivity contribution in [1.29, 1.82) is 5.26 Å². The molecule has 6 nitrogen and oxygen atoms in total. The van der Waals surface area contributed by atoms with Gasteiger partial charge in [0.15, 0.2) is 0 Å². The largest absolute Gasteiger partial charge is 0.411 e. The molecule has 1 N–H and O–H groups in total. The Balaban J connectivity index is 1.40. The maximum absolute atomic E-state index is 13.8. The number of fused-ring (bicyclic) bond motifs is 1. The molecule has 0 radical (unpaired) electrons. The summed E-state index contributed by atoms with van der Waals surface area (Å²) in [4.78, 5) is 13.6. The number of carbonyl (C=O) groups excluding carboxylic acids is 1. The summed E-state index contributed by atoms with van der Waals surface area (Å²) in [6.45, 7) is 2.20. The molecule has 1 aromatic carbocycles. The minimum atomic E-state index is -0.453. The van der Waals surface area contributed by atoms with Gasteiger partial charge in [-0.25, -0.2) is 4.39 Å². The summed E-state index contributed by atoms with van der Waals surface area (Å²) in [6, 6.07) is 8.35. The number of nitrogens with zero attached hydrogens (tertiary/aromatic N) is 3. The van der Waals surface area contributed by atoms with E-state index in [0.717, 1.165) is 36.6 Å². The van der Waals surface area contributed by atoms with E-state index in [1.165, 1.54) is 22.3 Å². The molecule has 0 saturated heterocycles. The molecule has 1 aliphatic carbocycles. The van der Waals surface area contributed by atoms with Crippen molar-refractivity contribution in [2.45, 2.75) is 31.4 Å². The van der Waals surface area contributed by atoms with Gasteiger partial charge in [0.05, 0.1) is 16.9 Å². The molecule has 0 fully saturated rings. The van der Waals surface area contributed by atoms with Crippen molar-refractivity contribution in [3.05, 3.63) is 46.1 Å². The average Bonchev–Trinajstić information content (AvgIpc) is 3.30. The lowest BCUT2D eigenvalue weighted by Gasteiger charge is -2.17.